The Hall–Kier alpha value is -6.34. The molecule has 0 radical (unpaired) electrons. The highest BCUT2D eigenvalue weighted by Crippen LogP contribution is 2.08. The van der Waals surface area contributed by atoms with Gasteiger partial charge in [-0.25, -0.2) is 4.98 Å². The highest BCUT2D eigenvalue weighted by Gasteiger charge is 2.31. The van der Waals surface area contributed by atoms with Gasteiger partial charge in [-0.05, 0) is 24.8 Å². The molecular formula is C33H45N11O9. The lowest BCUT2D eigenvalue weighted by Gasteiger charge is -2.25. The summed E-state index contributed by atoms with van der Waals surface area (Å²) in [5.41, 5.74) is 6.16. The van der Waals surface area contributed by atoms with Gasteiger partial charge in [0.2, 0.25) is 53.2 Å². The number of H-pyrrole nitrogens is 1. The number of amides is 9. The maximum atomic E-state index is 13.9. The zero-order chi connectivity index (χ0) is 38.8. The average molecular weight is 740 g/mol. The Bertz CT molecular complexity index is 1620. The highest BCUT2D eigenvalue weighted by atomic mass is 16.2. The molecule has 1 aliphatic rings. The third-order valence-corrected chi connectivity index (χ3v) is 7.83. The van der Waals surface area contributed by atoms with Crippen LogP contribution in [0.1, 0.15) is 43.9 Å². The zero-order valence-electron chi connectivity index (χ0n) is 29.1. The van der Waals surface area contributed by atoms with Gasteiger partial charge in [-0.2, -0.15) is 0 Å². The fraction of sp³-hybridized carbons (Fsp3) is 0.455. The molecule has 0 saturated carbocycles. The first-order valence-electron chi connectivity index (χ1n) is 16.9. The molecule has 286 valence electrons. The van der Waals surface area contributed by atoms with Crippen LogP contribution in [0.15, 0.2) is 42.9 Å². The topological polar surface area (TPSA) is 305 Å². The lowest BCUT2D eigenvalue weighted by molar-refractivity contribution is -0.134. The molecule has 2 heterocycles. The van der Waals surface area contributed by atoms with Gasteiger partial charge in [-0.1, -0.05) is 30.3 Å². The molecule has 1 aliphatic heterocycles. The van der Waals surface area contributed by atoms with E-state index in [2.05, 4.69) is 52.5 Å². The van der Waals surface area contributed by atoms with E-state index >= 15 is 0 Å². The van der Waals surface area contributed by atoms with Crippen molar-refractivity contribution in [2.45, 2.75) is 69.6 Å². The van der Waals surface area contributed by atoms with E-state index in [1.807, 2.05) is 0 Å². The van der Waals surface area contributed by atoms with Crippen LogP contribution < -0.4 is 48.3 Å². The molecule has 0 bridgehead atoms. The van der Waals surface area contributed by atoms with Gasteiger partial charge in [0.15, 0.2) is 0 Å². The Morgan fingerprint density at radius 3 is 2.23 bits per heavy atom. The minimum atomic E-state index is -1.34. The molecule has 1 aromatic heterocycles. The smallest absolute Gasteiger partial charge is 0.243 e. The van der Waals surface area contributed by atoms with Crippen molar-refractivity contribution < 1.29 is 43.2 Å². The summed E-state index contributed by atoms with van der Waals surface area (Å²) in [6, 6.07) is 3.59. The van der Waals surface area contributed by atoms with Crippen LogP contribution in [0.2, 0.25) is 0 Å². The number of nitrogens with zero attached hydrogens (tertiary/aromatic N) is 1. The molecule has 1 fully saturated rings. The van der Waals surface area contributed by atoms with Crippen LogP contribution in [0.4, 0.5) is 0 Å². The van der Waals surface area contributed by atoms with E-state index in [1.54, 1.807) is 30.3 Å². The first-order chi connectivity index (χ1) is 25.3. The number of carbonyl (C=O) groups is 9. The van der Waals surface area contributed by atoms with Gasteiger partial charge in [0, 0.05) is 38.9 Å². The minimum Gasteiger partial charge on any atom is -0.368 e. The Labute approximate surface area is 304 Å². The number of aromatic nitrogens is 2. The first-order valence-corrected chi connectivity index (χ1v) is 16.9. The second-order valence-corrected chi connectivity index (χ2v) is 12.2. The first kappa shape index (κ1) is 41.1. The van der Waals surface area contributed by atoms with Crippen molar-refractivity contribution in [2.24, 2.45) is 5.73 Å². The van der Waals surface area contributed by atoms with E-state index in [9.17, 15) is 43.2 Å². The summed E-state index contributed by atoms with van der Waals surface area (Å²) < 4.78 is 0. The Morgan fingerprint density at radius 1 is 0.830 bits per heavy atom. The molecule has 0 spiro atoms. The van der Waals surface area contributed by atoms with Crippen LogP contribution in [0, 0.1) is 0 Å². The number of benzene rings is 1. The molecule has 0 unspecified atom stereocenters. The highest BCUT2D eigenvalue weighted by molar-refractivity contribution is 5.96. The van der Waals surface area contributed by atoms with Crippen molar-refractivity contribution in [2.75, 3.05) is 26.2 Å². The second-order valence-electron chi connectivity index (χ2n) is 12.2. The largest absolute Gasteiger partial charge is 0.368 e. The van der Waals surface area contributed by atoms with E-state index in [0.717, 1.165) is 0 Å². The van der Waals surface area contributed by atoms with Gasteiger partial charge in [0.1, 0.15) is 24.2 Å². The van der Waals surface area contributed by atoms with Crippen molar-refractivity contribution in [1.29, 1.82) is 0 Å². The van der Waals surface area contributed by atoms with Crippen LogP contribution in [0.5, 0.6) is 0 Å². The third kappa shape index (κ3) is 15.2. The summed E-state index contributed by atoms with van der Waals surface area (Å²) >= 11 is 0. The molecule has 20 nitrogen and oxygen atoms in total. The van der Waals surface area contributed by atoms with E-state index < -0.39 is 97.0 Å². The summed E-state index contributed by atoms with van der Waals surface area (Å²) in [6.45, 7) is -0.286. The van der Waals surface area contributed by atoms with Gasteiger partial charge in [0.05, 0.1) is 31.7 Å². The molecule has 3 rings (SSSR count). The molecule has 20 heteroatoms. The number of nitrogens with two attached hydrogens (primary N) is 1. The molecule has 53 heavy (non-hydrogen) atoms. The van der Waals surface area contributed by atoms with Crippen molar-refractivity contribution in [3.8, 4) is 0 Å². The summed E-state index contributed by atoms with van der Waals surface area (Å²) in [6.07, 6.45) is 2.44. The molecule has 1 aromatic carbocycles. The maximum Gasteiger partial charge on any atom is 0.243 e. The van der Waals surface area contributed by atoms with Crippen molar-refractivity contribution in [3.05, 3.63) is 54.1 Å². The number of primary amides is 1. The lowest BCUT2D eigenvalue weighted by atomic mass is 10.0. The SMILES string of the molecule is CC(=O)NCC(=O)N[C@H]1CCC(=O)NCCC[C@@H](C(=O)NCC(N)=O)NC(=O)CNC(=O)[C@@H](Cc2ccccc2)NC(=O)[C@H](Cc2c[nH]cn2)NC1=O. The van der Waals surface area contributed by atoms with E-state index in [1.165, 1.54) is 19.4 Å². The van der Waals surface area contributed by atoms with Crippen LogP contribution in [-0.4, -0.2) is 113 Å². The van der Waals surface area contributed by atoms with Gasteiger partial charge in [0.25, 0.3) is 0 Å². The fourth-order valence-corrected chi connectivity index (χ4v) is 5.14. The minimum absolute atomic E-state index is 0.0128. The molecule has 0 aliphatic carbocycles. The van der Waals surface area contributed by atoms with Gasteiger partial charge in [-0.3, -0.25) is 43.2 Å². The predicted octanol–water partition coefficient (Wildman–Crippen LogP) is -4.32. The number of hydrogen-bond acceptors (Lipinski definition) is 10. The van der Waals surface area contributed by atoms with Crippen molar-refractivity contribution in [1.82, 2.24) is 52.5 Å². The maximum absolute atomic E-state index is 13.9. The molecule has 4 atom stereocenters. The number of nitrogens with one attached hydrogen (secondary N) is 9. The predicted molar refractivity (Wildman–Crippen MR) is 186 cm³/mol. The quantitative estimate of drug-likeness (QED) is 0.112. The van der Waals surface area contributed by atoms with Gasteiger partial charge in [-0.15, -0.1) is 0 Å². The normalized spacial score (nSPS) is 21.0. The number of carbonyl (C=O) groups excluding carboxylic acids is 9. The van der Waals surface area contributed by atoms with E-state index in [-0.39, 0.29) is 45.1 Å². The van der Waals surface area contributed by atoms with Crippen LogP contribution in [0.3, 0.4) is 0 Å². The third-order valence-electron chi connectivity index (χ3n) is 7.83. The van der Waals surface area contributed by atoms with Crippen LogP contribution in [-0.2, 0) is 56.0 Å². The monoisotopic (exact) mass is 739 g/mol. The van der Waals surface area contributed by atoms with Crippen LogP contribution in [0.25, 0.3) is 0 Å². The van der Waals surface area contributed by atoms with Gasteiger partial charge < -0.3 is 53.3 Å². The standard InChI is InChI=1S/C33H45N11O9/c1-19(45)37-16-28(48)42-23-9-10-27(47)36-11-5-8-22(30(50)38-15-26(34)46)41-29(49)17-39-31(51)24(12-20-6-3-2-4-7-20)43-33(53)25(44-32(23)52)13-21-14-35-18-40-21/h2-4,6-7,14,18,22-25H,5,8-13,15-17H2,1H3,(H2,34,46)(H,35,40)(H,36,47)(H,37,45)(H,38,50)(H,39,51)(H,41,49)(H,42,48)(H,43,53)(H,44,52)/t22-,23-,24+,25-/m0/s1. The molecule has 9 amide bonds. The Kier molecular flexibility index (Phi) is 16.4. The Morgan fingerprint density at radius 2 is 1.55 bits per heavy atom. The summed E-state index contributed by atoms with van der Waals surface area (Å²) in [5.74, 6) is -6.40. The van der Waals surface area contributed by atoms with Crippen LogP contribution >= 0.6 is 0 Å². The molecular weight excluding hydrogens is 694 g/mol. The average Bonchev–Trinajstić information content (AvgIpc) is 3.64. The fourth-order valence-electron chi connectivity index (χ4n) is 5.14. The number of imidazole rings is 1. The van der Waals surface area contributed by atoms with Gasteiger partial charge >= 0.3 is 0 Å². The van der Waals surface area contributed by atoms with Crippen molar-refractivity contribution >= 4 is 53.2 Å². The summed E-state index contributed by atoms with van der Waals surface area (Å²) in [5, 5.41) is 20.0. The van der Waals surface area contributed by atoms with E-state index in [0.29, 0.717) is 11.3 Å². The lowest BCUT2D eigenvalue weighted by Crippen LogP contribution is -2.58. The number of aromatic amines is 1. The summed E-state index contributed by atoms with van der Waals surface area (Å²) in [7, 11) is 0. The number of rotatable bonds is 10. The molecule has 1 saturated heterocycles. The zero-order valence-corrected chi connectivity index (χ0v) is 29.1. The Balaban J connectivity index is 1.93. The molecule has 11 N–H and O–H groups in total. The number of hydrogen-bond donors (Lipinski definition) is 10. The molecule has 2 aromatic rings. The van der Waals surface area contributed by atoms with Crippen molar-refractivity contribution in [3.63, 3.8) is 0 Å². The second kappa shape index (κ2) is 21.1. The summed E-state index contributed by atoms with van der Waals surface area (Å²) in [4.78, 5) is 122. The van der Waals surface area contributed by atoms with E-state index in [4.69, 9.17) is 5.73 Å².